The lowest BCUT2D eigenvalue weighted by Gasteiger charge is -2.01. The Morgan fingerprint density at radius 2 is 2.10 bits per heavy atom. The van der Waals surface area contributed by atoms with Crippen LogP contribution in [0.3, 0.4) is 0 Å². The fraction of sp³-hybridized carbons (Fsp3) is 0. The first-order valence-electron chi connectivity index (χ1n) is 5.73. The predicted molar refractivity (Wildman–Crippen MR) is 88.9 cm³/mol. The largest absolute Gasteiger partial charge is 0.478 e. The number of fused-ring (bicyclic) bond motifs is 1. The third-order valence-electron chi connectivity index (χ3n) is 2.93. The Kier molecular flexibility index (Phi) is 3.51. The Morgan fingerprint density at radius 3 is 2.85 bits per heavy atom. The van der Waals surface area contributed by atoms with Crippen LogP contribution in [0.1, 0.15) is 10.4 Å². The lowest BCUT2D eigenvalue weighted by molar-refractivity contribution is 0.0699. The second-order valence-electron chi connectivity index (χ2n) is 4.22. The van der Waals surface area contributed by atoms with Gasteiger partial charge in [-0.3, -0.25) is 0 Å². The van der Waals surface area contributed by atoms with Gasteiger partial charge >= 0.3 is 5.97 Å². The molecule has 0 aliphatic heterocycles. The third kappa shape index (κ3) is 2.33. The lowest BCUT2D eigenvalue weighted by atomic mass is 10.2. The van der Waals surface area contributed by atoms with Crippen molar-refractivity contribution < 1.29 is 9.90 Å². The Morgan fingerprint density at radius 1 is 1.30 bits per heavy atom. The first-order valence-corrected chi connectivity index (χ1v) is 7.61. The number of H-pyrrole nitrogens is 1. The topological polar surface area (TPSA) is 66.0 Å². The van der Waals surface area contributed by atoms with Crippen molar-refractivity contribution in [3.8, 4) is 11.4 Å². The third-order valence-corrected chi connectivity index (χ3v) is 4.29. The molecule has 1 aromatic heterocycles. The summed E-state index contributed by atoms with van der Waals surface area (Å²) < 4.78 is 1.99. The van der Waals surface area contributed by atoms with Gasteiger partial charge in [0.2, 0.25) is 0 Å². The number of hydrogen-bond donors (Lipinski definition) is 2. The first-order chi connectivity index (χ1) is 9.56. The average Bonchev–Trinajstić information content (AvgIpc) is 2.84. The number of hydrogen-bond acceptors (Lipinski definition) is 2. The van der Waals surface area contributed by atoms with Crippen LogP contribution < -0.4 is 0 Å². The summed E-state index contributed by atoms with van der Waals surface area (Å²) in [6.07, 6.45) is 0. The van der Waals surface area contributed by atoms with E-state index in [-0.39, 0.29) is 5.56 Å². The molecule has 3 rings (SSSR count). The molecule has 0 unspecified atom stereocenters. The van der Waals surface area contributed by atoms with E-state index in [9.17, 15) is 9.90 Å². The molecular weight excluding hydrogens is 435 g/mol. The van der Waals surface area contributed by atoms with Gasteiger partial charge in [0.1, 0.15) is 11.3 Å². The molecule has 6 heteroatoms. The van der Waals surface area contributed by atoms with Crippen LogP contribution in [0.2, 0.25) is 0 Å². The van der Waals surface area contributed by atoms with Gasteiger partial charge in [-0.05, 0) is 52.9 Å². The van der Waals surface area contributed by atoms with Gasteiger partial charge in [-0.2, -0.15) is 0 Å². The smallest absolute Gasteiger partial charge is 0.337 e. The molecule has 0 saturated carbocycles. The molecule has 0 saturated heterocycles. The number of aromatic amines is 1. The number of para-hydroxylation sites is 1. The van der Waals surface area contributed by atoms with Crippen molar-refractivity contribution in [2.75, 3.05) is 0 Å². The second kappa shape index (κ2) is 5.17. The number of aromatic nitrogens is 2. The second-order valence-corrected chi connectivity index (χ2v) is 6.32. The highest BCUT2D eigenvalue weighted by Gasteiger charge is 2.14. The zero-order valence-electron chi connectivity index (χ0n) is 10.0. The summed E-state index contributed by atoms with van der Waals surface area (Å²) >= 11 is 5.72. The highest BCUT2D eigenvalue weighted by molar-refractivity contribution is 14.1. The van der Waals surface area contributed by atoms with Crippen LogP contribution in [0.5, 0.6) is 0 Å². The molecule has 0 fully saturated rings. The monoisotopic (exact) mass is 442 g/mol. The number of imidazole rings is 1. The summed E-state index contributed by atoms with van der Waals surface area (Å²) in [5.74, 6) is -0.325. The van der Waals surface area contributed by atoms with Gasteiger partial charge in [0.25, 0.3) is 0 Å². The van der Waals surface area contributed by atoms with Crippen molar-refractivity contribution >= 4 is 55.5 Å². The van der Waals surface area contributed by atoms with Crippen LogP contribution in [0.25, 0.3) is 22.4 Å². The molecule has 0 amide bonds. The maximum absolute atomic E-state index is 11.2. The van der Waals surface area contributed by atoms with E-state index in [0.717, 1.165) is 13.6 Å². The molecule has 3 aromatic rings. The summed E-state index contributed by atoms with van der Waals surface area (Å²) in [6, 6.07) is 11.0. The highest BCUT2D eigenvalue weighted by atomic mass is 127. The maximum Gasteiger partial charge on any atom is 0.337 e. The number of rotatable bonds is 2. The maximum atomic E-state index is 11.2. The summed E-state index contributed by atoms with van der Waals surface area (Å²) in [6.45, 7) is 0. The Labute approximate surface area is 136 Å². The number of nitrogens with zero attached hydrogens (tertiary/aromatic N) is 1. The van der Waals surface area contributed by atoms with Crippen LogP contribution in [0.4, 0.5) is 0 Å². The number of carboxylic acids is 1. The number of aromatic carboxylic acids is 1. The summed E-state index contributed by atoms with van der Waals surface area (Å²) in [5.41, 5.74) is 2.29. The minimum absolute atomic E-state index is 0.201. The number of halogens is 2. The van der Waals surface area contributed by atoms with Crippen molar-refractivity contribution in [2.45, 2.75) is 0 Å². The van der Waals surface area contributed by atoms with E-state index >= 15 is 0 Å². The van der Waals surface area contributed by atoms with Crippen molar-refractivity contribution in [1.82, 2.24) is 9.97 Å². The normalized spacial score (nSPS) is 10.9. The molecule has 0 aliphatic carbocycles. The molecular formula is C14H8BrIN2O2. The van der Waals surface area contributed by atoms with E-state index in [1.165, 1.54) is 0 Å². The fourth-order valence-corrected chi connectivity index (χ4v) is 2.94. The summed E-state index contributed by atoms with van der Waals surface area (Å²) in [4.78, 5) is 18.8. The van der Waals surface area contributed by atoms with E-state index in [1.54, 1.807) is 12.1 Å². The zero-order valence-corrected chi connectivity index (χ0v) is 13.8. The molecule has 2 N–H and O–H groups in total. The standard InChI is InChI=1S/C14H8BrIN2O2/c15-10-5-4-7(16)6-9(10)13-17-11-3-1-2-8(14(19)20)12(11)18-13/h1-6H,(H,17,18)(H,19,20). The van der Waals surface area contributed by atoms with Crippen molar-refractivity contribution in [3.63, 3.8) is 0 Å². The van der Waals surface area contributed by atoms with E-state index in [1.807, 2.05) is 24.3 Å². The van der Waals surface area contributed by atoms with E-state index in [0.29, 0.717) is 16.9 Å². The van der Waals surface area contributed by atoms with Gasteiger partial charge in [0.05, 0.1) is 11.1 Å². The number of benzene rings is 2. The zero-order chi connectivity index (χ0) is 14.3. The number of carbonyl (C=O) groups is 1. The van der Waals surface area contributed by atoms with E-state index < -0.39 is 5.97 Å². The van der Waals surface area contributed by atoms with Crippen LogP contribution in [0.15, 0.2) is 40.9 Å². The molecule has 0 atom stereocenters. The Bertz CT molecular complexity index is 829. The van der Waals surface area contributed by atoms with Gasteiger partial charge in [-0.25, -0.2) is 9.78 Å². The lowest BCUT2D eigenvalue weighted by Crippen LogP contribution is -1.96. The van der Waals surface area contributed by atoms with Gasteiger partial charge in [-0.15, -0.1) is 0 Å². The number of nitrogens with one attached hydrogen (secondary N) is 1. The molecule has 20 heavy (non-hydrogen) atoms. The Hall–Kier alpha value is -1.41. The van der Waals surface area contributed by atoms with Gasteiger partial charge in [-0.1, -0.05) is 22.0 Å². The van der Waals surface area contributed by atoms with Gasteiger partial charge in [0, 0.05) is 13.6 Å². The van der Waals surface area contributed by atoms with Crippen LogP contribution >= 0.6 is 38.5 Å². The van der Waals surface area contributed by atoms with Crippen LogP contribution in [-0.2, 0) is 0 Å². The average molecular weight is 443 g/mol. The van der Waals surface area contributed by atoms with E-state index in [4.69, 9.17) is 0 Å². The molecule has 0 aliphatic rings. The molecule has 0 radical (unpaired) electrons. The number of carboxylic acid groups (broad SMARTS) is 1. The molecule has 2 aromatic carbocycles. The predicted octanol–water partition coefficient (Wildman–Crippen LogP) is 4.30. The minimum atomic E-state index is -0.977. The molecule has 1 heterocycles. The molecule has 4 nitrogen and oxygen atoms in total. The Balaban J connectivity index is 2.26. The summed E-state index contributed by atoms with van der Waals surface area (Å²) in [5, 5.41) is 9.20. The summed E-state index contributed by atoms with van der Waals surface area (Å²) in [7, 11) is 0. The molecule has 0 bridgehead atoms. The van der Waals surface area contributed by atoms with Crippen LogP contribution in [0, 0.1) is 3.57 Å². The van der Waals surface area contributed by atoms with Gasteiger partial charge < -0.3 is 10.1 Å². The SMILES string of the molecule is O=C(O)c1cccc2[nH]c(-c3cc(I)ccc3Br)nc12. The van der Waals surface area contributed by atoms with Crippen LogP contribution in [-0.4, -0.2) is 21.0 Å². The minimum Gasteiger partial charge on any atom is -0.478 e. The molecule has 100 valence electrons. The van der Waals surface area contributed by atoms with E-state index in [2.05, 4.69) is 48.5 Å². The quantitative estimate of drug-likeness (QED) is 0.581. The van der Waals surface area contributed by atoms with Crippen molar-refractivity contribution in [2.24, 2.45) is 0 Å². The van der Waals surface area contributed by atoms with Gasteiger partial charge in [0.15, 0.2) is 0 Å². The van der Waals surface area contributed by atoms with Crippen molar-refractivity contribution in [1.29, 1.82) is 0 Å². The van der Waals surface area contributed by atoms with Crippen molar-refractivity contribution in [3.05, 3.63) is 50.0 Å². The fourth-order valence-electron chi connectivity index (χ4n) is 2.01. The highest BCUT2D eigenvalue weighted by Crippen LogP contribution is 2.30. The molecule has 0 spiro atoms. The first kappa shape index (κ1) is 13.6.